The third-order valence-electron chi connectivity index (χ3n) is 14.1. The summed E-state index contributed by atoms with van der Waals surface area (Å²) < 4.78 is 34.7. The van der Waals surface area contributed by atoms with Crippen LogP contribution in [0.25, 0.3) is 11.1 Å². The highest BCUT2D eigenvalue weighted by Crippen LogP contribution is 2.49. The van der Waals surface area contributed by atoms with E-state index in [0.29, 0.717) is 17.9 Å². The van der Waals surface area contributed by atoms with Crippen LogP contribution in [0.1, 0.15) is 63.1 Å². The standard InChI is InChI=1S/C53H63ClN6O14/c1-29-14-13-19-41(70-8)53(68)24-40(72-51(67)58-53)30(2)48-52(4,74-48)42(23-45(63)60(6)38-21-32(20-29)22-39(69-7)47(38)54)73-49(65)31(3)59(5)46(64)27-56-43(61)25-55-44(62)26-57-50(66)71-28-37-35-17-11-9-15-33(35)34-16-10-12-18-36(34)37/h9-19,21-22,30-31,37,40-42,48,68H,20,23-28H2,1-8H3,(H,55,62)(H,56,61)(H,57,66)(H,58,67)/b19-13+,29-14+. The van der Waals surface area contributed by atoms with Gasteiger partial charge in [0.25, 0.3) is 0 Å². The van der Waals surface area contributed by atoms with Crippen LogP contribution in [-0.4, -0.2) is 148 Å². The second-order valence-electron chi connectivity index (χ2n) is 19.1. The molecule has 0 spiro atoms. The van der Waals surface area contributed by atoms with Gasteiger partial charge in [-0.25, -0.2) is 14.4 Å². The second-order valence-corrected chi connectivity index (χ2v) is 19.5. The van der Waals surface area contributed by atoms with Crippen LogP contribution in [0.5, 0.6) is 5.75 Å². The molecule has 0 saturated carbocycles. The second kappa shape index (κ2) is 23.0. The number of nitrogens with one attached hydrogen (secondary N) is 4. The van der Waals surface area contributed by atoms with Crippen molar-refractivity contribution in [3.8, 4) is 16.9 Å². The quantitative estimate of drug-likeness (QED) is 0.0911. The summed E-state index contributed by atoms with van der Waals surface area (Å²) in [4.78, 5) is 94.9. The number of carbonyl (C=O) groups is 7. The fraction of sp³-hybridized carbons (Fsp3) is 0.453. The van der Waals surface area contributed by atoms with E-state index >= 15 is 0 Å². The van der Waals surface area contributed by atoms with E-state index in [4.69, 9.17) is 40.0 Å². The zero-order valence-corrected chi connectivity index (χ0v) is 43.3. The van der Waals surface area contributed by atoms with E-state index in [0.717, 1.165) is 38.3 Å². The maximum absolute atomic E-state index is 14.3. The van der Waals surface area contributed by atoms with Crippen molar-refractivity contribution in [2.75, 3.05) is 59.5 Å². The molecule has 0 aromatic heterocycles. The predicted molar refractivity (Wildman–Crippen MR) is 270 cm³/mol. The topological polar surface area (TPSA) is 253 Å². The molecule has 4 bridgehead atoms. The Balaban J connectivity index is 0.962. The van der Waals surface area contributed by atoms with Gasteiger partial charge >= 0.3 is 18.2 Å². The molecule has 2 fully saturated rings. The number of nitrogens with zero attached hydrogens (tertiary/aromatic N) is 2. The van der Waals surface area contributed by atoms with Crippen molar-refractivity contribution in [2.45, 2.75) is 94.7 Å². The first kappa shape index (κ1) is 54.8. The maximum atomic E-state index is 14.3. The molecule has 5 N–H and O–H groups in total. The number of benzene rings is 3. The van der Waals surface area contributed by atoms with Crippen LogP contribution >= 0.6 is 11.6 Å². The van der Waals surface area contributed by atoms with Gasteiger partial charge in [0.15, 0.2) is 5.72 Å². The summed E-state index contributed by atoms with van der Waals surface area (Å²) in [6.45, 7) is 5.17. The number of halogens is 1. The lowest BCUT2D eigenvalue weighted by molar-refractivity contribution is -0.161. The minimum absolute atomic E-state index is 0.0493. The van der Waals surface area contributed by atoms with E-state index in [-0.39, 0.29) is 24.0 Å². The van der Waals surface area contributed by atoms with Crippen LogP contribution in [-0.2, 0) is 54.1 Å². The van der Waals surface area contributed by atoms with Gasteiger partial charge in [0.1, 0.15) is 53.9 Å². The van der Waals surface area contributed by atoms with E-state index in [9.17, 15) is 38.7 Å². The van der Waals surface area contributed by atoms with Crippen LogP contribution in [0.15, 0.2) is 84.5 Å². The summed E-state index contributed by atoms with van der Waals surface area (Å²) in [7, 11) is 5.71. The largest absolute Gasteiger partial charge is 0.495 e. The van der Waals surface area contributed by atoms with Crippen molar-refractivity contribution in [1.29, 1.82) is 0 Å². The Hall–Kier alpha value is -7.00. The highest BCUT2D eigenvalue weighted by Gasteiger charge is 2.64. The molecule has 20 nitrogen and oxygen atoms in total. The number of rotatable bonds is 13. The number of allylic oxidation sites excluding steroid dienone is 3. The van der Waals surface area contributed by atoms with Crippen LogP contribution in [0.4, 0.5) is 15.3 Å². The molecule has 396 valence electrons. The minimum atomic E-state index is -1.90. The number of aliphatic hydroxyl groups is 1. The molecule has 7 rings (SSSR count). The number of amides is 6. The Morgan fingerprint density at radius 1 is 0.973 bits per heavy atom. The Morgan fingerprint density at radius 3 is 2.26 bits per heavy atom. The molecular weight excluding hydrogens is 980 g/mol. The lowest BCUT2D eigenvalue weighted by atomic mass is 9.83. The Bertz CT molecular complexity index is 2690. The number of methoxy groups -OCH3 is 2. The van der Waals surface area contributed by atoms with Gasteiger partial charge in [-0.3, -0.25) is 24.5 Å². The highest BCUT2D eigenvalue weighted by molar-refractivity contribution is 6.35. The Labute approximate surface area is 434 Å². The molecule has 3 aromatic rings. The average molecular weight is 1040 g/mol. The molecule has 21 heteroatoms. The molecule has 3 aliphatic heterocycles. The number of anilines is 1. The summed E-state index contributed by atoms with van der Waals surface area (Å²) >= 11 is 6.80. The molecule has 6 amide bonds. The fourth-order valence-corrected chi connectivity index (χ4v) is 9.94. The van der Waals surface area contributed by atoms with Crippen molar-refractivity contribution in [2.24, 2.45) is 5.92 Å². The molecule has 8 atom stereocenters. The van der Waals surface area contributed by atoms with Gasteiger partial charge in [-0.2, -0.15) is 0 Å². The van der Waals surface area contributed by atoms with E-state index in [2.05, 4.69) is 21.3 Å². The molecule has 2 saturated heterocycles. The van der Waals surface area contributed by atoms with Crippen molar-refractivity contribution in [3.63, 3.8) is 0 Å². The molecule has 0 radical (unpaired) electrons. The Morgan fingerprint density at radius 2 is 1.61 bits per heavy atom. The SMILES string of the molecule is COc1cc2cc(c1Cl)N(C)C(=O)CC(OC(=O)C(C)N(C)C(=O)CNC(=O)CNC(=O)CNC(=O)OCC1c3ccccc3-c3ccccc31)C1(C)OC1C(C)C1CC(O)(NC(=O)O1)C(OC)/C=C/C=C(\C)C2. The molecule has 8 unspecified atom stereocenters. The first-order chi connectivity index (χ1) is 35.2. The first-order valence-electron chi connectivity index (χ1n) is 24.1. The van der Waals surface area contributed by atoms with Crippen LogP contribution in [0.2, 0.25) is 5.02 Å². The van der Waals surface area contributed by atoms with E-state index in [1.807, 2.05) is 61.5 Å². The summed E-state index contributed by atoms with van der Waals surface area (Å²) in [6.07, 6.45) is -0.676. The van der Waals surface area contributed by atoms with Crippen LogP contribution < -0.4 is 30.9 Å². The first-order valence-corrected chi connectivity index (χ1v) is 24.5. The molecule has 4 aliphatic rings. The summed E-state index contributed by atoms with van der Waals surface area (Å²) in [6, 6.07) is 18.0. The van der Waals surface area contributed by atoms with Crippen molar-refractivity contribution in [3.05, 3.63) is 106 Å². The maximum Gasteiger partial charge on any atom is 0.409 e. The number of epoxide rings is 1. The number of alkyl carbamates (subject to hydrolysis) is 2. The van der Waals surface area contributed by atoms with E-state index in [1.165, 1.54) is 40.1 Å². The number of hydrogen-bond acceptors (Lipinski definition) is 14. The molecule has 3 heterocycles. The molecular formula is C53H63ClN6O14. The van der Waals surface area contributed by atoms with Crippen LogP contribution in [0.3, 0.4) is 0 Å². The van der Waals surface area contributed by atoms with Gasteiger partial charge in [-0.1, -0.05) is 90.9 Å². The normalized spacial score (nSPS) is 25.9. The lowest BCUT2D eigenvalue weighted by Gasteiger charge is -2.42. The van der Waals surface area contributed by atoms with Gasteiger partial charge in [-0.15, -0.1) is 0 Å². The summed E-state index contributed by atoms with van der Waals surface area (Å²) in [5, 5.41) is 21.6. The third-order valence-corrected chi connectivity index (χ3v) is 14.5. The molecule has 74 heavy (non-hydrogen) atoms. The van der Waals surface area contributed by atoms with Gasteiger partial charge in [0.2, 0.25) is 23.6 Å². The van der Waals surface area contributed by atoms with Crippen molar-refractivity contribution >= 4 is 59.1 Å². The number of carbonyl (C=O) groups excluding carboxylic acids is 7. The monoisotopic (exact) mass is 1040 g/mol. The van der Waals surface area contributed by atoms with E-state index < -0.39 is 116 Å². The Kier molecular flexibility index (Phi) is 17.1. The number of ether oxygens (including phenoxy) is 6. The molecule has 3 aromatic carbocycles. The highest BCUT2D eigenvalue weighted by atomic mass is 35.5. The summed E-state index contributed by atoms with van der Waals surface area (Å²) in [5.41, 5.74) is 2.91. The van der Waals surface area contributed by atoms with Gasteiger partial charge in [-0.05, 0) is 67.1 Å². The lowest BCUT2D eigenvalue weighted by Crippen LogP contribution is -2.63. The van der Waals surface area contributed by atoms with Crippen molar-refractivity contribution < 1.29 is 67.1 Å². The van der Waals surface area contributed by atoms with Gasteiger partial charge in [0.05, 0.1) is 38.4 Å². The van der Waals surface area contributed by atoms with Crippen LogP contribution in [0, 0.1) is 5.92 Å². The van der Waals surface area contributed by atoms with E-state index in [1.54, 1.807) is 38.1 Å². The fourth-order valence-electron chi connectivity index (χ4n) is 9.62. The average Bonchev–Trinajstić information content (AvgIpc) is 3.98. The molecule has 1 aliphatic carbocycles. The minimum Gasteiger partial charge on any atom is -0.495 e. The third kappa shape index (κ3) is 12.2. The smallest absolute Gasteiger partial charge is 0.409 e. The number of likely N-dealkylation sites (N-methyl/N-ethyl adjacent to an activating group) is 1. The predicted octanol–water partition coefficient (Wildman–Crippen LogP) is 4.29. The summed E-state index contributed by atoms with van der Waals surface area (Å²) in [5.74, 6) is -4.03. The van der Waals surface area contributed by atoms with Gasteiger partial charge in [0, 0.05) is 39.5 Å². The number of fused-ring (bicyclic) bond motifs is 8. The zero-order chi connectivity index (χ0) is 53.6. The number of hydrogen-bond donors (Lipinski definition) is 5. The van der Waals surface area contributed by atoms with Crippen molar-refractivity contribution in [1.82, 2.24) is 26.2 Å². The zero-order valence-electron chi connectivity index (χ0n) is 42.5. The number of esters is 1. The van der Waals surface area contributed by atoms with Gasteiger partial charge < -0.3 is 59.3 Å².